The van der Waals surface area contributed by atoms with Gasteiger partial charge in [-0.1, -0.05) is 6.92 Å². The molecule has 0 atom stereocenters. The zero-order valence-electron chi connectivity index (χ0n) is 10.9. The van der Waals surface area contributed by atoms with Gasteiger partial charge in [0, 0.05) is 19.6 Å². The number of morpholine rings is 1. The van der Waals surface area contributed by atoms with Crippen LogP contribution in [0, 0.1) is 12.7 Å². The van der Waals surface area contributed by atoms with Crippen LogP contribution in [0.1, 0.15) is 19.0 Å². The van der Waals surface area contributed by atoms with Crippen molar-refractivity contribution in [3.63, 3.8) is 0 Å². The van der Waals surface area contributed by atoms with E-state index in [-0.39, 0.29) is 5.82 Å². The lowest BCUT2D eigenvalue weighted by atomic mass is 10.3. The minimum Gasteiger partial charge on any atom is -0.378 e. The highest BCUT2D eigenvalue weighted by molar-refractivity contribution is 5.45. The first kappa shape index (κ1) is 13.0. The van der Waals surface area contributed by atoms with E-state index in [1.165, 1.54) is 0 Å². The number of halogens is 1. The van der Waals surface area contributed by atoms with Crippen LogP contribution in [0.2, 0.25) is 0 Å². The highest BCUT2D eigenvalue weighted by atomic mass is 19.1. The van der Waals surface area contributed by atoms with Crippen molar-refractivity contribution in [1.29, 1.82) is 0 Å². The number of nitrogens with zero attached hydrogens (tertiary/aromatic N) is 3. The van der Waals surface area contributed by atoms with Crippen molar-refractivity contribution >= 4 is 11.8 Å². The number of hydrogen-bond acceptors (Lipinski definition) is 5. The highest BCUT2D eigenvalue weighted by Crippen LogP contribution is 2.19. The summed E-state index contributed by atoms with van der Waals surface area (Å²) in [7, 11) is 0. The molecule has 2 rings (SSSR count). The lowest BCUT2D eigenvalue weighted by molar-refractivity contribution is 0.122. The van der Waals surface area contributed by atoms with Gasteiger partial charge in [-0.05, 0) is 13.3 Å². The van der Waals surface area contributed by atoms with Crippen LogP contribution in [-0.2, 0) is 4.74 Å². The molecule has 2 heterocycles. The molecule has 0 aliphatic carbocycles. The lowest BCUT2D eigenvalue weighted by Crippen LogP contribution is -2.37. The SMILES string of the molecule is CCCNc1nc(N2CCOCC2)nc(C)c1F. The summed E-state index contributed by atoms with van der Waals surface area (Å²) in [5.41, 5.74) is 0.380. The Labute approximate surface area is 106 Å². The smallest absolute Gasteiger partial charge is 0.227 e. The van der Waals surface area contributed by atoms with Crippen LogP contribution in [0.5, 0.6) is 0 Å². The largest absolute Gasteiger partial charge is 0.378 e. The first-order valence-corrected chi connectivity index (χ1v) is 6.33. The molecule has 0 aromatic carbocycles. The number of hydrogen-bond donors (Lipinski definition) is 1. The van der Waals surface area contributed by atoms with Gasteiger partial charge in [-0.2, -0.15) is 4.98 Å². The molecule has 5 nitrogen and oxygen atoms in total. The third-order valence-corrected chi connectivity index (χ3v) is 2.84. The Kier molecular flexibility index (Phi) is 4.30. The molecule has 0 bridgehead atoms. The zero-order valence-corrected chi connectivity index (χ0v) is 10.9. The first-order valence-electron chi connectivity index (χ1n) is 6.33. The van der Waals surface area contributed by atoms with Gasteiger partial charge in [0.2, 0.25) is 5.95 Å². The third-order valence-electron chi connectivity index (χ3n) is 2.84. The fourth-order valence-electron chi connectivity index (χ4n) is 1.81. The fourth-order valence-corrected chi connectivity index (χ4v) is 1.81. The van der Waals surface area contributed by atoms with E-state index < -0.39 is 0 Å². The van der Waals surface area contributed by atoms with Crippen molar-refractivity contribution < 1.29 is 9.13 Å². The molecule has 1 aromatic rings. The Morgan fingerprint density at radius 1 is 1.33 bits per heavy atom. The molecule has 0 radical (unpaired) electrons. The van der Waals surface area contributed by atoms with Crippen molar-refractivity contribution in [2.45, 2.75) is 20.3 Å². The van der Waals surface area contributed by atoms with E-state index in [4.69, 9.17) is 4.74 Å². The molecule has 1 saturated heterocycles. The summed E-state index contributed by atoms with van der Waals surface area (Å²) in [6, 6.07) is 0. The van der Waals surface area contributed by atoms with Crippen LogP contribution in [0.3, 0.4) is 0 Å². The minimum atomic E-state index is -0.361. The summed E-state index contributed by atoms with van der Waals surface area (Å²) in [5, 5.41) is 3.00. The molecule has 1 aliphatic heterocycles. The molecule has 0 spiro atoms. The van der Waals surface area contributed by atoms with Crippen LogP contribution in [0.25, 0.3) is 0 Å². The standard InChI is InChI=1S/C12H19FN4O/c1-3-4-14-11-10(13)9(2)15-12(16-11)17-5-7-18-8-6-17/h3-8H2,1-2H3,(H,14,15,16). The van der Waals surface area contributed by atoms with Gasteiger partial charge < -0.3 is 15.0 Å². The average molecular weight is 254 g/mol. The Morgan fingerprint density at radius 2 is 2.06 bits per heavy atom. The molecular formula is C12H19FN4O. The molecular weight excluding hydrogens is 235 g/mol. The van der Waals surface area contributed by atoms with Gasteiger partial charge >= 0.3 is 0 Å². The monoisotopic (exact) mass is 254 g/mol. The zero-order chi connectivity index (χ0) is 13.0. The fraction of sp³-hybridized carbons (Fsp3) is 0.667. The van der Waals surface area contributed by atoms with E-state index in [1.54, 1.807) is 6.92 Å². The molecule has 0 saturated carbocycles. The molecule has 1 aromatic heterocycles. The van der Waals surface area contributed by atoms with E-state index in [1.807, 2.05) is 11.8 Å². The van der Waals surface area contributed by atoms with E-state index in [2.05, 4.69) is 15.3 Å². The number of anilines is 2. The molecule has 6 heteroatoms. The average Bonchev–Trinajstić information content (AvgIpc) is 2.41. The van der Waals surface area contributed by atoms with E-state index in [9.17, 15) is 4.39 Å². The van der Waals surface area contributed by atoms with Gasteiger partial charge in [0.15, 0.2) is 11.6 Å². The molecule has 0 amide bonds. The minimum absolute atomic E-state index is 0.297. The summed E-state index contributed by atoms with van der Waals surface area (Å²) in [6.07, 6.45) is 0.926. The molecule has 100 valence electrons. The van der Waals surface area contributed by atoms with Gasteiger partial charge in [-0.3, -0.25) is 0 Å². The van der Waals surface area contributed by atoms with Crippen molar-refractivity contribution in [1.82, 2.24) is 9.97 Å². The van der Waals surface area contributed by atoms with Crippen LogP contribution in [-0.4, -0.2) is 42.8 Å². The van der Waals surface area contributed by atoms with Crippen molar-refractivity contribution in [2.24, 2.45) is 0 Å². The second kappa shape index (κ2) is 5.95. The van der Waals surface area contributed by atoms with Gasteiger partial charge in [0.25, 0.3) is 0 Å². The summed E-state index contributed by atoms with van der Waals surface area (Å²) < 4.78 is 19.1. The molecule has 1 N–H and O–H groups in total. The van der Waals surface area contributed by atoms with E-state index in [0.717, 1.165) is 19.5 Å². The lowest BCUT2D eigenvalue weighted by Gasteiger charge is -2.27. The molecule has 18 heavy (non-hydrogen) atoms. The Morgan fingerprint density at radius 3 is 2.72 bits per heavy atom. The van der Waals surface area contributed by atoms with Crippen molar-refractivity contribution in [3.05, 3.63) is 11.5 Å². The predicted octanol–water partition coefficient (Wildman–Crippen LogP) is 1.58. The van der Waals surface area contributed by atoms with E-state index in [0.29, 0.717) is 37.2 Å². The highest BCUT2D eigenvalue weighted by Gasteiger charge is 2.17. The summed E-state index contributed by atoms with van der Waals surface area (Å²) >= 11 is 0. The number of aromatic nitrogens is 2. The predicted molar refractivity (Wildman–Crippen MR) is 68.5 cm³/mol. The first-order chi connectivity index (χ1) is 8.72. The third kappa shape index (κ3) is 2.87. The molecule has 0 unspecified atom stereocenters. The van der Waals surface area contributed by atoms with Gasteiger partial charge in [0.1, 0.15) is 0 Å². The number of aryl methyl sites for hydroxylation is 1. The Balaban J connectivity index is 2.22. The molecule has 1 aliphatic rings. The second-order valence-electron chi connectivity index (χ2n) is 4.30. The Bertz CT molecular complexity index is 407. The van der Waals surface area contributed by atoms with E-state index >= 15 is 0 Å². The van der Waals surface area contributed by atoms with Crippen LogP contribution >= 0.6 is 0 Å². The van der Waals surface area contributed by atoms with Crippen LogP contribution in [0.15, 0.2) is 0 Å². The Hall–Kier alpha value is -1.43. The number of nitrogens with one attached hydrogen (secondary N) is 1. The maximum absolute atomic E-state index is 13.8. The van der Waals surface area contributed by atoms with Crippen molar-refractivity contribution in [3.8, 4) is 0 Å². The normalized spacial score (nSPS) is 15.8. The second-order valence-corrected chi connectivity index (χ2v) is 4.30. The number of ether oxygens (including phenoxy) is 1. The molecule has 1 fully saturated rings. The summed E-state index contributed by atoms with van der Waals surface area (Å²) in [5.74, 6) is 0.516. The maximum Gasteiger partial charge on any atom is 0.227 e. The van der Waals surface area contributed by atoms with Gasteiger partial charge in [0.05, 0.1) is 18.9 Å². The van der Waals surface area contributed by atoms with Crippen molar-refractivity contribution in [2.75, 3.05) is 43.1 Å². The number of rotatable bonds is 4. The maximum atomic E-state index is 13.8. The topological polar surface area (TPSA) is 50.3 Å². The van der Waals surface area contributed by atoms with Gasteiger partial charge in [-0.25, -0.2) is 9.37 Å². The summed E-state index contributed by atoms with van der Waals surface area (Å²) in [4.78, 5) is 10.5. The van der Waals surface area contributed by atoms with Crippen LogP contribution < -0.4 is 10.2 Å². The van der Waals surface area contributed by atoms with Crippen LogP contribution in [0.4, 0.5) is 16.2 Å². The summed E-state index contributed by atoms with van der Waals surface area (Å²) in [6.45, 7) is 7.22. The van der Waals surface area contributed by atoms with Gasteiger partial charge in [-0.15, -0.1) is 0 Å². The quantitative estimate of drug-likeness (QED) is 0.884.